The zero-order valence-electron chi connectivity index (χ0n) is 11.7. The van der Waals surface area contributed by atoms with Gasteiger partial charge in [-0.2, -0.15) is 0 Å². The van der Waals surface area contributed by atoms with Crippen molar-refractivity contribution in [2.45, 2.75) is 17.9 Å². The third kappa shape index (κ3) is 3.11. The zero-order chi connectivity index (χ0) is 15.6. The minimum Gasteiger partial charge on any atom is -0.486 e. The third-order valence-electron chi connectivity index (χ3n) is 2.87. The van der Waals surface area contributed by atoms with Gasteiger partial charge in [0.25, 0.3) is 0 Å². The van der Waals surface area contributed by atoms with E-state index in [2.05, 4.69) is 0 Å². The van der Waals surface area contributed by atoms with Crippen LogP contribution in [0.4, 0.5) is 0 Å². The Hall–Kier alpha value is -1.80. The SMILES string of the molecule is CCOC(=O)C(O)c1ccc2c(c1S(C)(=O)=O)OCCO2. The van der Waals surface area contributed by atoms with Gasteiger partial charge in [0.1, 0.15) is 18.1 Å². The molecule has 1 aromatic rings. The summed E-state index contributed by atoms with van der Waals surface area (Å²) in [5, 5.41) is 10.0. The smallest absolute Gasteiger partial charge is 0.339 e. The van der Waals surface area contributed by atoms with E-state index in [1.54, 1.807) is 6.92 Å². The molecular formula is C13H16O7S. The first kappa shape index (κ1) is 15.6. The van der Waals surface area contributed by atoms with Gasteiger partial charge in [-0.15, -0.1) is 0 Å². The van der Waals surface area contributed by atoms with Crippen LogP contribution in [0.5, 0.6) is 11.5 Å². The van der Waals surface area contributed by atoms with Crippen LogP contribution in [-0.4, -0.2) is 45.6 Å². The van der Waals surface area contributed by atoms with Crippen LogP contribution in [0.15, 0.2) is 17.0 Å². The number of fused-ring (bicyclic) bond motifs is 1. The molecule has 116 valence electrons. The number of carbonyl (C=O) groups excluding carboxylic acids is 1. The Balaban J connectivity index is 2.59. The molecule has 0 saturated heterocycles. The molecule has 1 N–H and O–H groups in total. The maximum absolute atomic E-state index is 12.0. The van der Waals surface area contributed by atoms with Gasteiger partial charge in [-0.1, -0.05) is 6.07 Å². The minimum absolute atomic E-state index is 0.0181. The van der Waals surface area contributed by atoms with Crippen LogP contribution >= 0.6 is 0 Å². The minimum atomic E-state index is -3.74. The van der Waals surface area contributed by atoms with Gasteiger partial charge in [-0.3, -0.25) is 0 Å². The van der Waals surface area contributed by atoms with Crippen LogP contribution in [0.3, 0.4) is 0 Å². The lowest BCUT2D eigenvalue weighted by atomic mass is 10.1. The highest BCUT2D eigenvalue weighted by Crippen LogP contribution is 2.41. The highest BCUT2D eigenvalue weighted by atomic mass is 32.2. The van der Waals surface area contributed by atoms with E-state index in [1.807, 2.05) is 0 Å². The Bertz CT molecular complexity index is 651. The molecule has 0 aromatic heterocycles. The summed E-state index contributed by atoms with van der Waals surface area (Å²) in [7, 11) is -3.74. The second-order valence-electron chi connectivity index (χ2n) is 4.43. The van der Waals surface area contributed by atoms with E-state index < -0.39 is 21.9 Å². The van der Waals surface area contributed by atoms with E-state index in [0.29, 0.717) is 6.61 Å². The number of ether oxygens (including phenoxy) is 3. The number of aliphatic hydroxyl groups excluding tert-OH is 1. The molecule has 8 heteroatoms. The maximum Gasteiger partial charge on any atom is 0.339 e. The highest BCUT2D eigenvalue weighted by Gasteiger charge is 2.32. The van der Waals surface area contributed by atoms with Crippen molar-refractivity contribution in [3.8, 4) is 11.5 Å². The molecule has 1 aliphatic heterocycles. The summed E-state index contributed by atoms with van der Waals surface area (Å²) < 4.78 is 39.4. The first-order valence-electron chi connectivity index (χ1n) is 6.33. The molecule has 0 aliphatic carbocycles. The molecule has 1 heterocycles. The average molecular weight is 316 g/mol. The second kappa shape index (κ2) is 5.90. The number of aliphatic hydroxyl groups is 1. The second-order valence-corrected chi connectivity index (χ2v) is 6.39. The fourth-order valence-electron chi connectivity index (χ4n) is 2.05. The van der Waals surface area contributed by atoms with Crippen LogP contribution in [0.1, 0.15) is 18.6 Å². The average Bonchev–Trinajstić information content (AvgIpc) is 2.44. The van der Waals surface area contributed by atoms with E-state index >= 15 is 0 Å². The van der Waals surface area contributed by atoms with E-state index in [9.17, 15) is 18.3 Å². The van der Waals surface area contributed by atoms with Gasteiger partial charge in [-0.25, -0.2) is 13.2 Å². The van der Waals surface area contributed by atoms with E-state index in [4.69, 9.17) is 14.2 Å². The first-order valence-corrected chi connectivity index (χ1v) is 8.22. The number of sulfone groups is 1. The van der Waals surface area contributed by atoms with Crippen molar-refractivity contribution in [1.29, 1.82) is 0 Å². The lowest BCUT2D eigenvalue weighted by molar-refractivity contribution is -0.153. The summed E-state index contributed by atoms with van der Waals surface area (Å²) >= 11 is 0. The summed E-state index contributed by atoms with van der Waals surface area (Å²) in [5.41, 5.74) is -0.0831. The van der Waals surface area contributed by atoms with Crippen molar-refractivity contribution in [1.82, 2.24) is 0 Å². The molecule has 0 fully saturated rings. The van der Waals surface area contributed by atoms with E-state index in [0.717, 1.165) is 6.26 Å². The van der Waals surface area contributed by atoms with Gasteiger partial charge < -0.3 is 19.3 Å². The van der Waals surface area contributed by atoms with Crippen LogP contribution in [0.2, 0.25) is 0 Å². The van der Waals surface area contributed by atoms with Crippen molar-refractivity contribution in [2.24, 2.45) is 0 Å². The van der Waals surface area contributed by atoms with Gasteiger partial charge in [0, 0.05) is 11.8 Å². The van der Waals surface area contributed by atoms with E-state index in [1.165, 1.54) is 12.1 Å². The zero-order valence-corrected chi connectivity index (χ0v) is 12.5. The Labute approximate surface area is 122 Å². The first-order chi connectivity index (χ1) is 9.86. The molecule has 0 spiro atoms. The van der Waals surface area contributed by atoms with Crippen LogP contribution in [0, 0.1) is 0 Å². The van der Waals surface area contributed by atoms with Gasteiger partial charge in [-0.05, 0) is 13.0 Å². The monoisotopic (exact) mass is 316 g/mol. The summed E-state index contributed by atoms with van der Waals surface area (Å²) in [4.78, 5) is 11.4. The normalized spacial score (nSPS) is 15.4. The lowest BCUT2D eigenvalue weighted by Crippen LogP contribution is -2.22. The van der Waals surface area contributed by atoms with Crippen LogP contribution in [0.25, 0.3) is 0 Å². The molecule has 1 aliphatic rings. The summed E-state index contributed by atoms with van der Waals surface area (Å²) in [6, 6.07) is 2.78. The predicted octanol–water partition coefficient (Wildman–Crippen LogP) is 0.458. The molecule has 1 aromatic carbocycles. The molecule has 0 amide bonds. The molecule has 0 saturated carbocycles. The van der Waals surface area contributed by atoms with E-state index in [-0.39, 0.29) is 35.2 Å². The molecule has 1 unspecified atom stereocenters. The van der Waals surface area contributed by atoms with Crippen molar-refractivity contribution in [2.75, 3.05) is 26.1 Å². The van der Waals surface area contributed by atoms with Crippen molar-refractivity contribution in [3.63, 3.8) is 0 Å². The van der Waals surface area contributed by atoms with Gasteiger partial charge >= 0.3 is 5.97 Å². The lowest BCUT2D eigenvalue weighted by Gasteiger charge is -2.23. The molecule has 2 rings (SSSR count). The van der Waals surface area contributed by atoms with Gasteiger partial charge in [0.15, 0.2) is 27.4 Å². The Morgan fingerprint density at radius 1 is 1.38 bits per heavy atom. The Kier molecular flexibility index (Phi) is 4.38. The molecule has 7 nitrogen and oxygen atoms in total. The number of esters is 1. The summed E-state index contributed by atoms with van der Waals surface area (Å²) in [6.07, 6.45) is -0.729. The van der Waals surface area contributed by atoms with Gasteiger partial charge in [0.2, 0.25) is 0 Å². The van der Waals surface area contributed by atoms with Crippen molar-refractivity contribution in [3.05, 3.63) is 17.7 Å². The van der Waals surface area contributed by atoms with Crippen LogP contribution in [-0.2, 0) is 19.4 Å². The highest BCUT2D eigenvalue weighted by molar-refractivity contribution is 7.90. The summed E-state index contributed by atoms with van der Waals surface area (Å²) in [6.45, 7) is 2.16. The van der Waals surface area contributed by atoms with Crippen LogP contribution < -0.4 is 9.47 Å². The quantitative estimate of drug-likeness (QED) is 0.805. The fourth-order valence-corrected chi connectivity index (χ4v) is 3.16. The number of carbonyl (C=O) groups is 1. The van der Waals surface area contributed by atoms with Crippen molar-refractivity contribution >= 4 is 15.8 Å². The molecule has 1 atom stereocenters. The maximum atomic E-state index is 12.0. The Morgan fingerprint density at radius 2 is 2.05 bits per heavy atom. The summed E-state index contributed by atoms with van der Waals surface area (Å²) in [5.74, 6) is -0.634. The number of benzene rings is 1. The number of hydrogen-bond donors (Lipinski definition) is 1. The fraction of sp³-hybridized carbons (Fsp3) is 0.462. The molecular weight excluding hydrogens is 300 g/mol. The standard InChI is InChI=1S/C13H16O7S/c1-3-18-13(15)10(14)8-4-5-9-11(20-7-6-19-9)12(8)21(2,16)17/h4-5,10,14H,3,6-7H2,1-2H3. The number of rotatable bonds is 4. The van der Waals surface area contributed by atoms with Gasteiger partial charge in [0.05, 0.1) is 6.61 Å². The number of hydrogen-bond acceptors (Lipinski definition) is 7. The predicted molar refractivity (Wildman–Crippen MR) is 72.1 cm³/mol. The molecule has 21 heavy (non-hydrogen) atoms. The third-order valence-corrected chi connectivity index (χ3v) is 4.03. The Morgan fingerprint density at radius 3 is 2.67 bits per heavy atom. The molecule has 0 radical (unpaired) electrons. The molecule has 0 bridgehead atoms. The topological polar surface area (TPSA) is 99.1 Å². The largest absolute Gasteiger partial charge is 0.486 e. The van der Waals surface area contributed by atoms with Crippen molar-refractivity contribution < 1.29 is 32.5 Å².